The first kappa shape index (κ1) is 17.9. The van der Waals surface area contributed by atoms with Crippen LogP contribution in [0.15, 0.2) is 24.3 Å². The molecule has 1 aromatic rings. The number of benzene rings is 1. The van der Waals surface area contributed by atoms with Crippen LogP contribution in [0.25, 0.3) is 0 Å². The molecule has 6 nitrogen and oxygen atoms in total. The standard InChI is InChI=1S/C18H24FN3O3S/c19-15-4-2-1-3-14(15)12-26(24,25)22-8-5-18(6-9-22)11-16-17(23)20-7-10-21(16)13-18/h1-4,16H,5-13H2,(H,20,23). The SMILES string of the molecule is O=C1NCCN2CC3(CCN(S(=O)(=O)Cc4ccccc4F)CC3)CC12. The number of piperazine rings is 1. The number of rotatable bonds is 3. The molecule has 0 bridgehead atoms. The molecule has 26 heavy (non-hydrogen) atoms. The van der Waals surface area contributed by atoms with Gasteiger partial charge in [0.25, 0.3) is 0 Å². The van der Waals surface area contributed by atoms with E-state index in [1.54, 1.807) is 12.1 Å². The number of hydrogen-bond acceptors (Lipinski definition) is 4. The van der Waals surface area contributed by atoms with Crippen molar-refractivity contribution >= 4 is 15.9 Å². The third-order valence-electron chi connectivity index (χ3n) is 6.08. The molecule has 0 aliphatic carbocycles. The molecule has 4 rings (SSSR count). The Balaban J connectivity index is 1.42. The summed E-state index contributed by atoms with van der Waals surface area (Å²) in [5.74, 6) is -0.685. The van der Waals surface area contributed by atoms with E-state index in [2.05, 4.69) is 10.2 Å². The third-order valence-corrected chi connectivity index (χ3v) is 7.91. The first-order chi connectivity index (χ1) is 12.4. The minimum atomic E-state index is -3.54. The normalized spacial score (nSPS) is 26.7. The van der Waals surface area contributed by atoms with Crippen LogP contribution in [-0.2, 0) is 20.6 Å². The summed E-state index contributed by atoms with van der Waals surface area (Å²) in [6.07, 6.45) is 2.31. The highest BCUT2D eigenvalue weighted by Gasteiger charge is 2.49. The average molecular weight is 381 g/mol. The Hall–Kier alpha value is -1.51. The molecule has 3 aliphatic heterocycles. The number of carbonyl (C=O) groups excluding carboxylic acids is 1. The van der Waals surface area contributed by atoms with Crippen LogP contribution in [0.1, 0.15) is 24.8 Å². The van der Waals surface area contributed by atoms with E-state index in [9.17, 15) is 17.6 Å². The van der Waals surface area contributed by atoms with Crippen LogP contribution in [-0.4, -0.2) is 62.3 Å². The Bertz CT molecular complexity index is 806. The Labute approximate surface area is 153 Å². The lowest BCUT2D eigenvalue weighted by atomic mass is 9.77. The number of halogens is 1. The van der Waals surface area contributed by atoms with E-state index in [1.165, 1.54) is 16.4 Å². The van der Waals surface area contributed by atoms with Gasteiger partial charge in [-0.2, -0.15) is 0 Å². The summed E-state index contributed by atoms with van der Waals surface area (Å²) >= 11 is 0. The molecule has 3 aliphatic rings. The maximum Gasteiger partial charge on any atom is 0.237 e. The minimum absolute atomic E-state index is 0.0242. The van der Waals surface area contributed by atoms with Crippen LogP contribution in [0.2, 0.25) is 0 Å². The molecule has 8 heteroatoms. The number of hydrogen-bond donors (Lipinski definition) is 1. The fraction of sp³-hybridized carbons (Fsp3) is 0.611. The highest BCUT2D eigenvalue weighted by molar-refractivity contribution is 7.88. The van der Waals surface area contributed by atoms with Crippen molar-refractivity contribution in [2.24, 2.45) is 5.41 Å². The Kier molecular flexibility index (Phi) is 4.53. The first-order valence-electron chi connectivity index (χ1n) is 9.12. The van der Waals surface area contributed by atoms with Gasteiger partial charge in [0, 0.05) is 38.3 Å². The van der Waals surface area contributed by atoms with Gasteiger partial charge in [0.2, 0.25) is 15.9 Å². The van der Waals surface area contributed by atoms with Crippen LogP contribution < -0.4 is 5.32 Å². The number of nitrogens with zero attached hydrogens (tertiary/aromatic N) is 2. The van der Waals surface area contributed by atoms with E-state index in [-0.39, 0.29) is 28.7 Å². The summed E-state index contributed by atoms with van der Waals surface area (Å²) in [5.41, 5.74) is 0.235. The monoisotopic (exact) mass is 381 g/mol. The molecule has 1 atom stereocenters. The second kappa shape index (κ2) is 6.58. The van der Waals surface area contributed by atoms with Gasteiger partial charge in [-0.05, 0) is 30.7 Å². The zero-order chi connectivity index (χ0) is 18.4. The molecule has 142 valence electrons. The molecular formula is C18H24FN3O3S. The van der Waals surface area contributed by atoms with Crippen molar-refractivity contribution in [1.29, 1.82) is 0 Å². The topological polar surface area (TPSA) is 69.7 Å². The number of carbonyl (C=O) groups is 1. The van der Waals surface area contributed by atoms with E-state index in [4.69, 9.17) is 0 Å². The van der Waals surface area contributed by atoms with Gasteiger partial charge in [-0.3, -0.25) is 9.69 Å². The zero-order valence-corrected chi connectivity index (χ0v) is 15.5. The van der Waals surface area contributed by atoms with Crippen molar-refractivity contribution in [3.63, 3.8) is 0 Å². The number of sulfonamides is 1. The fourth-order valence-corrected chi connectivity index (χ4v) is 6.13. The molecule has 1 unspecified atom stereocenters. The average Bonchev–Trinajstić information content (AvgIpc) is 2.96. The Morgan fingerprint density at radius 3 is 2.62 bits per heavy atom. The number of amides is 1. The van der Waals surface area contributed by atoms with E-state index >= 15 is 0 Å². The lowest BCUT2D eigenvalue weighted by molar-refractivity contribution is -0.127. The van der Waals surface area contributed by atoms with Crippen LogP contribution in [0.5, 0.6) is 0 Å². The molecule has 1 amide bonds. The number of fused-ring (bicyclic) bond motifs is 1. The minimum Gasteiger partial charge on any atom is -0.353 e. The lowest BCUT2D eigenvalue weighted by Crippen LogP contribution is -2.52. The van der Waals surface area contributed by atoms with Crippen molar-refractivity contribution < 1.29 is 17.6 Å². The van der Waals surface area contributed by atoms with E-state index < -0.39 is 15.8 Å². The van der Waals surface area contributed by atoms with Gasteiger partial charge in [0.15, 0.2) is 0 Å². The van der Waals surface area contributed by atoms with Gasteiger partial charge in [0.05, 0.1) is 11.8 Å². The first-order valence-corrected chi connectivity index (χ1v) is 10.7. The van der Waals surface area contributed by atoms with Crippen molar-refractivity contribution in [2.45, 2.75) is 31.1 Å². The predicted octanol–water partition coefficient (Wildman–Crippen LogP) is 0.942. The summed E-state index contributed by atoms with van der Waals surface area (Å²) < 4.78 is 40.7. The van der Waals surface area contributed by atoms with Crippen molar-refractivity contribution in [1.82, 2.24) is 14.5 Å². The highest BCUT2D eigenvalue weighted by Crippen LogP contribution is 2.44. The van der Waals surface area contributed by atoms with Crippen LogP contribution in [0, 0.1) is 11.2 Å². The van der Waals surface area contributed by atoms with Gasteiger partial charge < -0.3 is 5.32 Å². The van der Waals surface area contributed by atoms with Crippen molar-refractivity contribution in [2.75, 3.05) is 32.7 Å². The number of nitrogens with one attached hydrogen (secondary N) is 1. The molecule has 3 heterocycles. The van der Waals surface area contributed by atoms with E-state index in [0.717, 1.165) is 32.4 Å². The Morgan fingerprint density at radius 1 is 1.19 bits per heavy atom. The summed E-state index contributed by atoms with van der Waals surface area (Å²) in [5, 5.41) is 2.92. The van der Waals surface area contributed by atoms with Gasteiger partial charge in [0.1, 0.15) is 5.82 Å². The third kappa shape index (κ3) is 3.25. The maximum absolute atomic E-state index is 13.8. The van der Waals surface area contributed by atoms with Gasteiger partial charge >= 0.3 is 0 Å². The summed E-state index contributed by atoms with van der Waals surface area (Å²) in [7, 11) is -3.54. The number of piperidine rings is 1. The van der Waals surface area contributed by atoms with Gasteiger partial charge in [-0.25, -0.2) is 17.1 Å². The lowest BCUT2D eigenvalue weighted by Gasteiger charge is -2.38. The van der Waals surface area contributed by atoms with Crippen LogP contribution >= 0.6 is 0 Å². The molecule has 3 saturated heterocycles. The van der Waals surface area contributed by atoms with Crippen LogP contribution in [0.3, 0.4) is 0 Å². The molecule has 1 spiro atoms. The summed E-state index contributed by atoms with van der Waals surface area (Å²) in [6, 6.07) is 5.95. The molecular weight excluding hydrogens is 357 g/mol. The largest absolute Gasteiger partial charge is 0.353 e. The van der Waals surface area contributed by atoms with Gasteiger partial charge in [-0.15, -0.1) is 0 Å². The van der Waals surface area contributed by atoms with E-state index in [0.29, 0.717) is 19.6 Å². The molecule has 3 fully saturated rings. The molecule has 1 N–H and O–H groups in total. The molecule has 0 radical (unpaired) electrons. The summed E-state index contributed by atoms with van der Waals surface area (Å²) in [4.78, 5) is 14.3. The molecule has 1 aromatic carbocycles. The summed E-state index contributed by atoms with van der Waals surface area (Å²) in [6.45, 7) is 3.31. The molecule has 0 aromatic heterocycles. The quantitative estimate of drug-likeness (QED) is 0.846. The highest BCUT2D eigenvalue weighted by atomic mass is 32.2. The molecule has 0 saturated carbocycles. The van der Waals surface area contributed by atoms with Crippen molar-refractivity contribution in [3.05, 3.63) is 35.6 Å². The van der Waals surface area contributed by atoms with Gasteiger partial charge in [-0.1, -0.05) is 18.2 Å². The fourth-order valence-electron chi connectivity index (χ4n) is 4.58. The zero-order valence-electron chi connectivity index (χ0n) is 14.7. The van der Waals surface area contributed by atoms with Crippen molar-refractivity contribution in [3.8, 4) is 0 Å². The maximum atomic E-state index is 13.8. The van der Waals surface area contributed by atoms with E-state index in [1.807, 2.05) is 0 Å². The smallest absolute Gasteiger partial charge is 0.237 e. The Morgan fingerprint density at radius 2 is 1.92 bits per heavy atom. The van der Waals surface area contributed by atoms with Crippen LogP contribution in [0.4, 0.5) is 4.39 Å². The second-order valence-electron chi connectivity index (χ2n) is 7.73. The second-order valence-corrected chi connectivity index (χ2v) is 9.70. The predicted molar refractivity (Wildman–Crippen MR) is 95.3 cm³/mol.